The van der Waals surface area contributed by atoms with Gasteiger partial charge in [-0.3, -0.25) is 9.80 Å². The third kappa shape index (κ3) is 3.80. The topological polar surface area (TPSA) is 66.4 Å². The minimum absolute atomic E-state index is 0.103. The van der Waals surface area contributed by atoms with E-state index in [0.717, 1.165) is 37.6 Å². The molecular weight excluding hydrogens is 348 g/mol. The molecule has 1 aliphatic carbocycles. The Morgan fingerprint density at radius 1 is 1.00 bits per heavy atom. The van der Waals surface area contributed by atoms with Crippen LogP contribution in [0.5, 0.6) is 0 Å². The number of rotatable bonds is 4. The molecule has 0 N–H and O–H groups in total. The fourth-order valence-electron chi connectivity index (χ4n) is 4.94. The van der Waals surface area contributed by atoms with Crippen molar-refractivity contribution in [2.24, 2.45) is 0 Å². The number of hydrogen-bond donors (Lipinski definition) is 0. The lowest BCUT2D eigenvalue weighted by atomic mass is 9.89. The summed E-state index contributed by atoms with van der Waals surface area (Å²) >= 11 is 0. The van der Waals surface area contributed by atoms with Crippen molar-refractivity contribution in [2.45, 2.75) is 63.6 Å². The van der Waals surface area contributed by atoms with Crippen LogP contribution in [-0.2, 0) is 16.4 Å². The normalized spacial score (nSPS) is 30.3. The van der Waals surface area contributed by atoms with Gasteiger partial charge in [0.1, 0.15) is 5.82 Å². The molecule has 3 aliphatic rings. The highest BCUT2D eigenvalue weighted by Crippen LogP contribution is 2.31. The van der Waals surface area contributed by atoms with Gasteiger partial charge in [-0.05, 0) is 19.4 Å². The van der Waals surface area contributed by atoms with E-state index in [4.69, 9.17) is 0 Å². The van der Waals surface area contributed by atoms with E-state index in [1.54, 1.807) is 0 Å². The number of nitrogens with zero attached hydrogens (tertiary/aromatic N) is 4. The largest absolute Gasteiger partial charge is 0.297 e. The van der Waals surface area contributed by atoms with Gasteiger partial charge in [-0.15, -0.1) is 0 Å². The molecular formula is C19H30N4O2S. The van der Waals surface area contributed by atoms with E-state index in [9.17, 15) is 8.42 Å². The van der Waals surface area contributed by atoms with Crippen molar-refractivity contribution >= 4 is 9.84 Å². The van der Waals surface area contributed by atoms with Crippen LogP contribution in [0.25, 0.3) is 0 Å². The molecule has 7 heteroatoms. The monoisotopic (exact) mass is 378 g/mol. The molecule has 2 saturated heterocycles. The lowest BCUT2D eigenvalue weighted by Gasteiger charge is -2.43. The molecule has 2 aliphatic heterocycles. The summed E-state index contributed by atoms with van der Waals surface area (Å²) in [5.41, 5.74) is 1.09. The van der Waals surface area contributed by atoms with E-state index >= 15 is 0 Å². The van der Waals surface area contributed by atoms with Gasteiger partial charge in [-0.1, -0.05) is 26.2 Å². The number of likely N-dealkylation sites (N-methyl/N-ethyl adjacent to an activating group) is 1. The minimum Gasteiger partial charge on any atom is -0.297 e. The molecule has 2 atom stereocenters. The van der Waals surface area contributed by atoms with Gasteiger partial charge in [-0.25, -0.2) is 18.4 Å². The SMILES string of the molecule is CCN1CCN(Cc2cnc(C3CCCCC3)nc2)[C@H]2CS(=O)(=O)C[C@H]21. The standard InChI is InChI=1S/C19H30N4O2S/c1-2-22-8-9-23(18-14-26(24,25)13-17(18)22)12-15-10-20-19(21-11-15)16-6-4-3-5-7-16/h10-11,16-18H,2-9,12-14H2,1H3/t17-,18+/m1/s1. The number of fused-ring (bicyclic) bond motifs is 1. The van der Waals surface area contributed by atoms with Gasteiger partial charge in [0.25, 0.3) is 0 Å². The maximum Gasteiger partial charge on any atom is 0.153 e. The molecule has 6 nitrogen and oxygen atoms in total. The number of piperazine rings is 1. The third-order valence-corrected chi connectivity index (χ3v) is 8.09. The van der Waals surface area contributed by atoms with Crippen molar-refractivity contribution in [3.8, 4) is 0 Å². The summed E-state index contributed by atoms with van der Waals surface area (Å²) in [4.78, 5) is 14.0. The number of hydrogen-bond acceptors (Lipinski definition) is 6. The Kier molecular flexibility index (Phi) is 5.30. The van der Waals surface area contributed by atoms with Crippen molar-refractivity contribution in [1.29, 1.82) is 0 Å². The first-order valence-electron chi connectivity index (χ1n) is 10.0. The molecule has 0 unspecified atom stereocenters. The molecule has 3 fully saturated rings. The summed E-state index contributed by atoms with van der Waals surface area (Å²) in [6.07, 6.45) is 10.2. The van der Waals surface area contributed by atoms with Gasteiger partial charge in [0.05, 0.1) is 11.5 Å². The quantitative estimate of drug-likeness (QED) is 0.796. The molecule has 26 heavy (non-hydrogen) atoms. The fraction of sp³-hybridized carbons (Fsp3) is 0.789. The second-order valence-corrected chi connectivity index (χ2v) is 10.2. The Morgan fingerprint density at radius 3 is 2.27 bits per heavy atom. The highest BCUT2D eigenvalue weighted by molar-refractivity contribution is 7.91. The first-order chi connectivity index (χ1) is 12.6. The average Bonchev–Trinajstić information content (AvgIpc) is 2.99. The van der Waals surface area contributed by atoms with E-state index in [0.29, 0.717) is 11.7 Å². The molecule has 0 aromatic carbocycles. The van der Waals surface area contributed by atoms with Gasteiger partial charge in [0.15, 0.2) is 9.84 Å². The Morgan fingerprint density at radius 2 is 1.62 bits per heavy atom. The van der Waals surface area contributed by atoms with Crippen molar-refractivity contribution in [2.75, 3.05) is 31.1 Å². The summed E-state index contributed by atoms with van der Waals surface area (Å²) in [7, 11) is -2.93. The zero-order chi connectivity index (χ0) is 18.1. The highest BCUT2D eigenvalue weighted by atomic mass is 32.2. The average molecular weight is 379 g/mol. The maximum absolute atomic E-state index is 12.2. The van der Waals surface area contributed by atoms with Crippen LogP contribution < -0.4 is 0 Å². The lowest BCUT2D eigenvalue weighted by molar-refractivity contribution is 0.0438. The van der Waals surface area contributed by atoms with Gasteiger partial charge < -0.3 is 0 Å². The number of sulfone groups is 1. The Labute approximate surface area is 156 Å². The van der Waals surface area contributed by atoms with Crippen molar-refractivity contribution in [3.05, 3.63) is 23.8 Å². The smallest absolute Gasteiger partial charge is 0.153 e. The zero-order valence-electron chi connectivity index (χ0n) is 15.7. The second-order valence-electron chi connectivity index (χ2n) is 8.10. The van der Waals surface area contributed by atoms with Crippen LogP contribution in [0.2, 0.25) is 0 Å². The van der Waals surface area contributed by atoms with Crippen LogP contribution in [0.1, 0.15) is 56.3 Å². The lowest BCUT2D eigenvalue weighted by Crippen LogP contribution is -2.58. The zero-order valence-corrected chi connectivity index (χ0v) is 16.5. The molecule has 1 saturated carbocycles. The first-order valence-corrected chi connectivity index (χ1v) is 11.9. The summed E-state index contributed by atoms with van der Waals surface area (Å²) in [5.74, 6) is 2.11. The Hall–Kier alpha value is -1.05. The van der Waals surface area contributed by atoms with Gasteiger partial charge in [0, 0.05) is 55.6 Å². The van der Waals surface area contributed by atoms with Crippen molar-refractivity contribution < 1.29 is 8.42 Å². The van der Waals surface area contributed by atoms with Crippen molar-refractivity contribution in [3.63, 3.8) is 0 Å². The molecule has 4 rings (SSSR count). The summed E-state index contributed by atoms with van der Waals surface area (Å²) < 4.78 is 24.4. The van der Waals surface area contributed by atoms with Gasteiger partial charge in [0.2, 0.25) is 0 Å². The maximum atomic E-state index is 12.2. The highest BCUT2D eigenvalue weighted by Gasteiger charge is 2.45. The van der Waals surface area contributed by atoms with Crippen LogP contribution in [0, 0.1) is 0 Å². The molecule has 0 amide bonds. The molecule has 0 spiro atoms. The van der Waals surface area contributed by atoms with E-state index < -0.39 is 9.84 Å². The third-order valence-electron chi connectivity index (χ3n) is 6.39. The Balaban J connectivity index is 1.45. The molecule has 1 aromatic heterocycles. The second kappa shape index (κ2) is 7.52. The Bertz CT molecular complexity index is 716. The van der Waals surface area contributed by atoms with E-state index in [2.05, 4.69) is 26.7 Å². The van der Waals surface area contributed by atoms with Crippen molar-refractivity contribution in [1.82, 2.24) is 19.8 Å². The van der Waals surface area contributed by atoms with Crippen LogP contribution in [0.15, 0.2) is 12.4 Å². The van der Waals surface area contributed by atoms with E-state index in [1.165, 1.54) is 32.1 Å². The predicted molar refractivity (Wildman–Crippen MR) is 102 cm³/mol. The molecule has 0 radical (unpaired) electrons. The van der Waals surface area contributed by atoms with Crippen LogP contribution in [0.3, 0.4) is 0 Å². The van der Waals surface area contributed by atoms with Crippen LogP contribution in [0.4, 0.5) is 0 Å². The van der Waals surface area contributed by atoms with Crippen LogP contribution in [-0.4, -0.2) is 71.4 Å². The van der Waals surface area contributed by atoms with E-state index in [-0.39, 0.29) is 17.8 Å². The molecule has 3 heterocycles. The summed E-state index contributed by atoms with van der Waals surface area (Å²) in [6, 6.07) is 0.243. The predicted octanol–water partition coefficient (Wildman–Crippen LogP) is 1.83. The fourth-order valence-corrected chi connectivity index (χ4v) is 6.98. The van der Waals surface area contributed by atoms with Gasteiger partial charge >= 0.3 is 0 Å². The minimum atomic E-state index is -2.93. The van der Waals surface area contributed by atoms with Crippen LogP contribution >= 0.6 is 0 Å². The summed E-state index contributed by atoms with van der Waals surface area (Å²) in [5, 5.41) is 0. The van der Waals surface area contributed by atoms with E-state index in [1.807, 2.05) is 12.4 Å². The molecule has 1 aromatic rings. The molecule has 144 valence electrons. The molecule has 0 bridgehead atoms. The van der Waals surface area contributed by atoms with Gasteiger partial charge in [-0.2, -0.15) is 0 Å². The summed E-state index contributed by atoms with van der Waals surface area (Å²) in [6.45, 7) is 5.64. The first kappa shape index (κ1) is 18.3. The number of aromatic nitrogens is 2.